The van der Waals surface area contributed by atoms with Crippen molar-refractivity contribution in [3.05, 3.63) is 82.9 Å². The van der Waals surface area contributed by atoms with E-state index in [1.54, 1.807) is 36.3 Å². The van der Waals surface area contributed by atoms with E-state index in [4.69, 9.17) is 9.47 Å². The van der Waals surface area contributed by atoms with E-state index in [1.165, 1.54) is 0 Å². The van der Waals surface area contributed by atoms with E-state index in [1.807, 2.05) is 57.2 Å². The summed E-state index contributed by atoms with van der Waals surface area (Å²) >= 11 is 0. The number of hydrogen-bond donors (Lipinski definition) is 2. The third kappa shape index (κ3) is 6.51. The van der Waals surface area contributed by atoms with Gasteiger partial charge in [-0.3, -0.25) is 14.4 Å². The van der Waals surface area contributed by atoms with Crippen LogP contribution < -0.4 is 25.0 Å². The van der Waals surface area contributed by atoms with Crippen molar-refractivity contribution < 1.29 is 23.9 Å². The lowest BCUT2D eigenvalue weighted by Gasteiger charge is -2.17. The normalized spacial score (nSPS) is 14.8. The Morgan fingerprint density at radius 3 is 2.21 bits per heavy atom. The van der Waals surface area contributed by atoms with Gasteiger partial charge in [-0.15, -0.1) is 0 Å². The van der Waals surface area contributed by atoms with Gasteiger partial charge in [0, 0.05) is 30.9 Å². The van der Waals surface area contributed by atoms with Gasteiger partial charge in [0.25, 0.3) is 5.91 Å². The largest absolute Gasteiger partial charge is 0.497 e. The number of ether oxygens (including phenoxy) is 2. The summed E-state index contributed by atoms with van der Waals surface area (Å²) in [4.78, 5) is 39.4. The van der Waals surface area contributed by atoms with Crippen LogP contribution in [0.15, 0.2) is 60.7 Å². The lowest BCUT2D eigenvalue weighted by molar-refractivity contribution is -0.126. The molecule has 0 radical (unpaired) electrons. The van der Waals surface area contributed by atoms with E-state index in [0.29, 0.717) is 24.5 Å². The maximum atomic E-state index is 12.7. The zero-order chi connectivity index (χ0) is 27.2. The molecule has 3 amide bonds. The summed E-state index contributed by atoms with van der Waals surface area (Å²) in [5, 5.41) is 5.84. The molecular weight excluding hydrogens is 482 g/mol. The number of methoxy groups -OCH3 is 1. The number of amides is 3. The fourth-order valence-electron chi connectivity index (χ4n) is 4.63. The molecule has 3 aromatic rings. The molecule has 1 atom stereocenters. The van der Waals surface area contributed by atoms with Crippen molar-refractivity contribution in [2.24, 2.45) is 5.92 Å². The average molecular weight is 516 g/mol. The molecule has 198 valence electrons. The van der Waals surface area contributed by atoms with Gasteiger partial charge in [-0.25, -0.2) is 0 Å². The van der Waals surface area contributed by atoms with Crippen molar-refractivity contribution in [1.29, 1.82) is 0 Å². The maximum absolute atomic E-state index is 12.7. The molecule has 2 N–H and O–H groups in total. The molecule has 4 rings (SSSR count). The number of hydrogen-bond acceptors (Lipinski definition) is 5. The molecule has 0 unspecified atom stereocenters. The SMILES string of the molecule is COc1ccc(CNC(=O)[C@H]2CC(=O)N(c3ccc(OCC(=O)Nc4c(C)cc(C)cc4C)cc3)C2)cc1. The number of rotatable bonds is 9. The first kappa shape index (κ1) is 26.7. The summed E-state index contributed by atoms with van der Waals surface area (Å²) in [6, 6.07) is 18.5. The molecule has 0 bridgehead atoms. The fraction of sp³-hybridized carbons (Fsp3) is 0.300. The third-order valence-electron chi connectivity index (χ3n) is 6.58. The van der Waals surface area contributed by atoms with Gasteiger partial charge in [0.05, 0.1) is 13.0 Å². The van der Waals surface area contributed by atoms with Gasteiger partial charge >= 0.3 is 0 Å². The second kappa shape index (κ2) is 11.8. The summed E-state index contributed by atoms with van der Waals surface area (Å²) in [5.41, 5.74) is 5.59. The number of benzene rings is 3. The zero-order valence-electron chi connectivity index (χ0n) is 22.2. The highest BCUT2D eigenvalue weighted by Gasteiger charge is 2.35. The smallest absolute Gasteiger partial charge is 0.262 e. The minimum Gasteiger partial charge on any atom is -0.497 e. The Labute approximate surface area is 222 Å². The monoisotopic (exact) mass is 515 g/mol. The van der Waals surface area contributed by atoms with Gasteiger partial charge in [0.1, 0.15) is 11.5 Å². The first-order valence-corrected chi connectivity index (χ1v) is 12.5. The Morgan fingerprint density at radius 2 is 1.58 bits per heavy atom. The van der Waals surface area contributed by atoms with Crippen molar-refractivity contribution in [2.75, 3.05) is 30.5 Å². The van der Waals surface area contributed by atoms with Crippen molar-refractivity contribution in [3.8, 4) is 11.5 Å². The predicted octanol–water partition coefficient (Wildman–Crippen LogP) is 4.31. The molecule has 38 heavy (non-hydrogen) atoms. The quantitative estimate of drug-likeness (QED) is 0.443. The molecule has 0 aliphatic carbocycles. The van der Waals surface area contributed by atoms with Gasteiger partial charge < -0.3 is 25.0 Å². The Bertz CT molecular complexity index is 1300. The van der Waals surface area contributed by atoms with E-state index in [0.717, 1.165) is 33.7 Å². The van der Waals surface area contributed by atoms with Gasteiger partial charge in [0.2, 0.25) is 11.8 Å². The standard InChI is InChI=1S/C30H33N3O5/c1-19-13-20(2)29(21(3)14-19)32-27(34)18-38-26-11-7-24(8-12-26)33-17-23(15-28(33)35)30(36)31-16-22-5-9-25(37-4)10-6-22/h5-14,23H,15-18H2,1-4H3,(H,31,36)(H,32,34)/t23-/m0/s1. The van der Waals surface area contributed by atoms with Crippen LogP contribution in [-0.2, 0) is 20.9 Å². The molecule has 1 heterocycles. The number of anilines is 2. The van der Waals surface area contributed by atoms with Gasteiger partial charge in [-0.2, -0.15) is 0 Å². The highest BCUT2D eigenvalue weighted by molar-refractivity contribution is 6.00. The first-order chi connectivity index (χ1) is 18.2. The number of nitrogens with one attached hydrogen (secondary N) is 2. The molecule has 3 aromatic carbocycles. The van der Waals surface area contributed by atoms with Gasteiger partial charge in [0.15, 0.2) is 6.61 Å². The molecule has 1 aliphatic heterocycles. The molecule has 8 nitrogen and oxygen atoms in total. The van der Waals surface area contributed by atoms with Crippen molar-refractivity contribution in [1.82, 2.24) is 5.32 Å². The fourth-order valence-corrected chi connectivity index (χ4v) is 4.63. The molecule has 0 saturated carbocycles. The molecule has 0 aromatic heterocycles. The first-order valence-electron chi connectivity index (χ1n) is 12.5. The summed E-state index contributed by atoms with van der Waals surface area (Å²) in [6.45, 7) is 6.51. The Morgan fingerprint density at radius 1 is 0.947 bits per heavy atom. The summed E-state index contributed by atoms with van der Waals surface area (Å²) in [5.74, 6) is 0.343. The van der Waals surface area contributed by atoms with Crippen LogP contribution in [0.4, 0.5) is 11.4 Å². The Balaban J connectivity index is 1.27. The minimum absolute atomic E-state index is 0.105. The zero-order valence-corrected chi connectivity index (χ0v) is 22.2. The van der Waals surface area contributed by atoms with Crippen LogP contribution >= 0.6 is 0 Å². The maximum Gasteiger partial charge on any atom is 0.262 e. The Kier molecular flexibility index (Phi) is 8.31. The lowest BCUT2D eigenvalue weighted by Crippen LogP contribution is -2.32. The van der Waals surface area contributed by atoms with E-state index >= 15 is 0 Å². The van der Waals surface area contributed by atoms with Crippen LogP contribution in [0.2, 0.25) is 0 Å². The molecule has 1 fully saturated rings. The second-order valence-electron chi connectivity index (χ2n) is 9.58. The highest BCUT2D eigenvalue weighted by Crippen LogP contribution is 2.27. The summed E-state index contributed by atoms with van der Waals surface area (Å²) in [7, 11) is 1.60. The summed E-state index contributed by atoms with van der Waals surface area (Å²) in [6.07, 6.45) is 0.157. The highest BCUT2D eigenvalue weighted by atomic mass is 16.5. The molecule has 8 heteroatoms. The van der Waals surface area contributed by atoms with E-state index in [-0.39, 0.29) is 30.7 Å². The number of carbonyl (C=O) groups excluding carboxylic acids is 3. The number of nitrogens with zero attached hydrogens (tertiary/aromatic N) is 1. The van der Waals surface area contributed by atoms with Crippen LogP contribution in [0.5, 0.6) is 11.5 Å². The van der Waals surface area contributed by atoms with Crippen LogP contribution in [0, 0.1) is 26.7 Å². The number of carbonyl (C=O) groups is 3. The van der Waals surface area contributed by atoms with E-state index in [9.17, 15) is 14.4 Å². The molecular formula is C30H33N3O5. The Hall–Kier alpha value is -4.33. The minimum atomic E-state index is -0.422. The van der Waals surface area contributed by atoms with Crippen molar-refractivity contribution >= 4 is 29.1 Å². The summed E-state index contributed by atoms with van der Waals surface area (Å²) < 4.78 is 10.8. The van der Waals surface area contributed by atoms with Crippen LogP contribution in [0.1, 0.15) is 28.7 Å². The van der Waals surface area contributed by atoms with Gasteiger partial charge in [-0.1, -0.05) is 29.8 Å². The third-order valence-corrected chi connectivity index (χ3v) is 6.58. The second-order valence-corrected chi connectivity index (χ2v) is 9.58. The molecule has 0 spiro atoms. The van der Waals surface area contributed by atoms with Crippen molar-refractivity contribution in [3.63, 3.8) is 0 Å². The molecule has 1 aliphatic rings. The van der Waals surface area contributed by atoms with Crippen molar-refractivity contribution in [2.45, 2.75) is 33.7 Å². The predicted molar refractivity (Wildman–Crippen MR) is 147 cm³/mol. The lowest BCUT2D eigenvalue weighted by atomic mass is 10.1. The van der Waals surface area contributed by atoms with Crippen LogP contribution in [0.3, 0.4) is 0 Å². The number of aryl methyl sites for hydroxylation is 3. The average Bonchev–Trinajstić information content (AvgIpc) is 3.30. The van der Waals surface area contributed by atoms with Crippen LogP contribution in [0.25, 0.3) is 0 Å². The van der Waals surface area contributed by atoms with Gasteiger partial charge in [-0.05, 0) is 73.9 Å². The topological polar surface area (TPSA) is 97.0 Å². The molecule has 1 saturated heterocycles. The van der Waals surface area contributed by atoms with Crippen LogP contribution in [-0.4, -0.2) is 38.0 Å². The van der Waals surface area contributed by atoms with E-state index in [2.05, 4.69) is 10.6 Å². The van der Waals surface area contributed by atoms with E-state index < -0.39 is 5.92 Å².